The number of amides is 1. The van der Waals surface area contributed by atoms with Crippen molar-refractivity contribution in [1.82, 2.24) is 10.4 Å². The molecule has 1 N–H and O–H groups in total. The van der Waals surface area contributed by atoms with Crippen LogP contribution >= 0.6 is 11.8 Å². The van der Waals surface area contributed by atoms with E-state index in [1.807, 2.05) is 67.6 Å². The molecule has 0 aliphatic rings. The third-order valence-electron chi connectivity index (χ3n) is 5.00. The molecule has 0 aliphatic carbocycles. The fourth-order valence-electron chi connectivity index (χ4n) is 3.48. The zero-order chi connectivity index (χ0) is 22.5. The van der Waals surface area contributed by atoms with Gasteiger partial charge in [0.25, 0.3) is 0 Å². The minimum Gasteiger partial charge on any atom is -0.497 e. The van der Waals surface area contributed by atoms with E-state index in [1.165, 1.54) is 11.8 Å². The van der Waals surface area contributed by atoms with Crippen molar-refractivity contribution >= 4 is 45.6 Å². The molecule has 0 bridgehead atoms. The molecule has 0 saturated heterocycles. The number of thioether (sulfide) groups is 1. The van der Waals surface area contributed by atoms with E-state index < -0.39 is 0 Å². The second-order valence-electron chi connectivity index (χ2n) is 7.13. The molecule has 0 atom stereocenters. The Kier molecular flexibility index (Phi) is 6.56. The van der Waals surface area contributed by atoms with Gasteiger partial charge in [-0.1, -0.05) is 30.3 Å². The van der Waals surface area contributed by atoms with Crippen LogP contribution in [0.15, 0.2) is 70.7 Å². The number of nitrogens with zero attached hydrogens (tertiary/aromatic N) is 2. The predicted molar refractivity (Wildman–Crippen MR) is 130 cm³/mol. The molecular weight excluding hydrogens is 422 g/mol. The topological polar surface area (TPSA) is 72.8 Å². The van der Waals surface area contributed by atoms with Gasteiger partial charge in [0.1, 0.15) is 11.5 Å². The zero-order valence-electron chi connectivity index (χ0n) is 18.1. The van der Waals surface area contributed by atoms with Crippen LogP contribution in [0.1, 0.15) is 11.3 Å². The third kappa shape index (κ3) is 4.68. The number of aromatic nitrogens is 1. The van der Waals surface area contributed by atoms with Gasteiger partial charge >= 0.3 is 0 Å². The molecule has 4 rings (SSSR count). The fraction of sp³-hybridized carbons (Fsp3) is 0.160. The molecule has 0 spiro atoms. The third-order valence-corrected chi connectivity index (χ3v) is 6.05. The molecule has 6 nitrogen and oxygen atoms in total. The van der Waals surface area contributed by atoms with Crippen molar-refractivity contribution in [2.75, 3.05) is 20.0 Å². The Bertz CT molecular complexity index is 1320. The Hall–Kier alpha value is -3.58. The van der Waals surface area contributed by atoms with Crippen LogP contribution in [0.25, 0.3) is 21.7 Å². The summed E-state index contributed by atoms with van der Waals surface area (Å²) in [5, 5.41) is 7.21. The van der Waals surface area contributed by atoms with E-state index in [1.54, 1.807) is 20.4 Å². The van der Waals surface area contributed by atoms with E-state index in [0.29, 0.717) is 5.75 Å². The SMILES string of the molecule is COc1ccc2nc(C)cc(SCC(=O)NN=Cc3c(OC)ccc4ccccc34)c2c1. The van der Waals surface area contributed by atoms with Crippen LogP contribution in [0.2, 0.25) is 0 Å². The molecule has 1 heterocycles. The summed E-state index contributed by atoms with van der Waals surface area (Å²) in [6.07, 6.45) is 1.63. The van der Waals surface area contributed by atoms with Crippen molar-refractivity contribution in [2.45, 2.75) is 11.8 Å². The van der Waals surface area contributed by atoms with Crippen LogP contribution in [0.5, 0.6) is 11.5 Å². The van der Waals surface area contributed by atoms with E-state index >= 15 is 0 Å². The molecule has 4 aromatic rings. The number of pyridine rings is 1. The number of aryl methyl sites for hydroxylation is 1. The first-order chi connectivity index (χ1) is 15.6. The Balaban J connectivity index is 1.48. The molecule has 7 heteroatoms. The summed E-state index contributed by atoms with van der Waals surface area (Å²) in [5.74, 6) is 1.47. The molecule has 0 radical (unpaired) electrons. The fourth-order valence-corrected chi connectivity index (χ4v) is 4.40. The average molecular weight is 446 g/mol. The monoisotopic (exact) mass is 445 g/mol. The van der Waals surface area contributed by atoms with Crippen LogP contribution in [0.3, 0.4) is 0 Å². The van der Waals surface area contributed by atoms with E-state index in [0.717, 1.165) is 43.6 Å². The zero-order valence-corrected chi connectivity index (χ0v) is 18.9. The maximum absolute atomic E-state index is 12.5. The lowest BCUT2D eigenvalue weighted by Gasteiger charge is -2.09. The Labute approximate surface area is 190 Å². The number of methoxy groups -OCH3 is 2. The number of benzene rings is 3. The minimum atomic E-state index is -0.198. The lowest BCUT2D eigenvalue weighted by molar-refractivity contribution is -0.118. The first kappa shape index (κ1) is 21.6. The lowest BCUT2D eigenvalue weighted by atomic mass is 10.0. The number of hydrogen-bond donors (Lipinski definition) is 1. The van der Waals surface area contributed by atoms with Crippen molar-refractivity contribution < 1.29 is 14.3 Å². The summed E-state index contributed by atoms with van der Waals surface area (Å²) in [7, 11) is 3.25. The summed E-state index contributed by atoms with van der Waals surface area (Å²) in [4.78, 5) is 18.0. The molecule has 32 heavy (non-hydrogen) atoms. The number of hydrogen-bond acceptors (Lipinski definition) is 6. The number of carbonyl (C=O) groups excluding carboxylic acids is 1. The van der Waals surface area contributed by atoms with Gasteiger partial charge in [0.05, 0.1) is 31.7 Å². The van der Waals surface area contributed by atoms with Crippen LogP contribution in [0.4, 0.5) is 0 Å². The molecule has 0 saturated carbocycles. The molecule has 0 fully saturated rings. The van der Waals surface area contributed by atoms with Crippen molar-refractivity contribution in [3.63, 3.8) is 0 Å². The number of rotatable bonds is 7. The van der Waals surface area contributed by atoms with Gasteiger partial charge in [0, 0.05) is 21.5 Å². The van der Waals surface area contributed by atoms with E-state index in [4.69, 9.17) is 9.47 Å². The summed E-state index contributed by atoms with van der Waals surface area (Å²) in [5.41, 5.74) is 5.20. The van der Waals surface area contributed by atoms with Gasteiger partial charge < -0.3 is 9.47 Å². The van der Waals surface area contributed by atoms with E-state index in [2.05, 4.69) is 15.5 Å². The highest BCUT2D eigenvalue weighted by atomic mass is 32.2. The van der Waals surface area contributed by atoms with Crippen LogP contribution in [0, 0.1) is 6.92 Å². The van der Waals surface area contributed by atoms with E-state index in [9.17, 15) is 4.79 Å². The van der Waals surface area contributed by atoms with Gasteiger partial charge in [-0.05, 0) is 48.0 Å². The minimum absolute atomic E-state index is 0.198. The molecule has 0 aliphatic heterocycles. The molecule has 0 unspecified atom stereocenters. The normalized spacial score (nSPS) is 11.2. The summed E-state index contributed by atoms with van der Waals surface area (Å²) < 4.78 is 10.8. The van der Waals surface area contributed by atoms with Gasteiger partial charge in [-0.2, -0.15) is 5.10 Å². The van der Waals surface area contributed by atoms with Gasteiger partial charge in [-0.25, -0.2) is 5.43 Å². The first-order valence-corrected chi connectivity index (χ1v) is 11.0. The van der Waals surface area contributed by atoms with Crippen molar-refractivity contribution in [2.24, 2.45) is 5.10 Å². The quantitative estimate of drug-likeness (QED) is 0.247. The molecule has 3 aromatic carbocycles. The highest BCUT2D eigenvalue weighted by Crippen LogP contribution is 2.30. The molecule has 1 aromatic heterocycles. The van der Waals surface area contributed by atoms with Crippen LogP contribution < -0.4 is 14.9 Å². The summed E-state index contributed by atoms with van der Waals surface area (Å²) >= 11 is 1.44. The summed E-state index contributed by atoms with van der Waals surface area (Å²) in [6, 6.07) is 19.6. The lowest BCUT2D eigenvalue weighted by Crippen LogP contribution is -2.19. The second kappa shape index (κ2) is 9.70. The molecular formula is C25H23N3O3S. The van der Waals surface area contributed by atoms with Crippen molar-refractivity contribution in [1.29, 1.82) is 0 Å². The average Bonchev–Trinajstić information content (AvgIpc) is 2.82. The highest BCUT2D eigenvalue weighted by molar-refractivity contribution is 8.00. The van der Waals surface area contributed by atoms with Gasteiger partial charge in [0.15, 0.2) is 0 Å². The van der Waals surface area contributed by atoms with E-state index in [-0.39, 0.29) is 11.7 Å². The number of nitrogens with one attached hydrogen (secondary N) is 1. The van der Waals surface area contributed by atoms with Gasteiger partial charge in [0.2, 0.25) is 5.91 Å². The Morgan fingerprint density at radius 1 is 1.06 bits per heavy atom. The van der Waals surface area contributed by atoms with Gasteiger partial charge in [-0.3, -0.25) is 9.78 Å². The summed E-state index contributed by atoms with van der Waals surface area (Å²) in [6.45, 7) is 1.94. The molecule has 1 amide bonds. The maximum atomic E-state index is 12.5. The maximum Gasteiger partial charge on any atom is 0.250 e. The number of fused-ring (bicyclic) bond motifs is 2. The second-order valence-corrected chi connectivity index (χ2v) is 8.15. The number of hydrazone groups is 1. The highest BCUT2D eigenvalue weighted by Gasteiger charge is 2.10. The first-order valence-electron chi connectivity index (χ1n) is 10.0. The Morgan fingerprint density at radius 2 is 1.91 bits per heavy atom. The molecule has 162 valence electrons. The number of carbonyl (C=O) groups is 1. The van der Waals surface area contributed by atoms with Crippen LogP contribution in [-0.2, 0) is 4.79 Å². The Morgan fingerprint density at radius 3 is 2.72 bits per heavy atom. The smallest absolute Gasteiger partial charge is 0.250 e. The predicted octanol–water partition coefficient (Wildman–Crippen LogP) is 4.96. The van der Waals surface area contributed by atoms with Gasteiger partial charge in [-0.15, -0.1) is 11.8 Å². The van der Waals surface area contributed by atoms with Crippen LogP contribution in [-0.4, -0.2) is 37.1 Å². The largest absolute Gasteiger partial charge is 0.497 e. The number of ether oxygens (including phenoxy) is 2. The van der Waals surface area contributed by atoms with Crippen molar-refractivity contribution in [3.8, 4) is 11.5 Å². The van der Waals surface area contributed by atoms with Crippen molar-refractivity contribution in [3.05, 3.63) is 71.9 Å². The standard InChI is InChI=1S/C25H23N3O3S/c1-16-12-24(20-13-18(30-2)9-10-22(20)27-16)32-15-25(29)28-26-14-21-19-7-5-4-6-17(19)8-11-23(21)31-3/h4-14H,15H2,1-3H3,(H,28,29).